The number of carboxylic acid groups (broad SMARTS) is 1. The summed E-state index contributed by atoms with van der Waals surface area (Å²) in [5, 5.41) is 12.0. The van der Waals surface area contributed by atoms with Gasteiger partial charge in [0, 0.05) is 0 Å². The lowest BCUT2D eigenvalue weighted by Crippen LogP contribution is -2.34. The van der Waals surface area contributed by atoms with E-state index >= 15 is 0 Å². The van der Waals surface area contributed by atoms with E-state index < -0.39 is 5.97 Å². The van der Waals surface area contributed by atoms with Gasteiger partial charge in [-0.3, -0.25) is 4.79 Å². The second-order valence-corrected chi connectivity index (χ2v) is 4.29. The van der Waals surface area contributed by atoms with Gasteiger partial charge in [0.15, 0.2) is 0 Å². The van der Waals surface area contributed by atoms with Crippen LogP contribution in [-0.2, 0) is 11.2 Å². The minimum atomic E-state index is -0.816. The normalized spacial score (nSPS) is 16.7. The molecule has 4 nitrogen and oxygen atoms in total. The number of hydrogen-bond donors (Lipinski definition) is 2. The van der Waals surface area contributed by atoms with E-state index in [4.69, 9.17) is 9.84 Å². The molecule has 92 valence electrons. The number of nitrogens with one attached hydrogen (secondary N) is 1. The van der Waals surface area contributed by atoms with Gasteiger partial charge in [0.05, 0.1) is 6.42 Å². The quantitative estimate of drug-likeness (QED) is 0.829. The van der Waals surface area contributed by atoms with E-state index in [0.717, 1.165) is 37.2 Å². The molecule has 1 aliphatic rings. The summed E-state index contributed by atoms with van der Waals surface area (Å²) in [6.07, 6.45) is 2.30. The van der Waals surface area contributed by atoms with Crippen molar-refractivity contribution in [3.8, 4) is 5.75 Å². The highest BCUT2D eigenvalue weighted by atomic mass is 16.5. The molecule has 1 heterocycles. The first-order valence-electron chi connectivity index (χ1n) is 5.92. The third-order valence-electron chi connectivity index (χ3n) is 2.84. The molecule has 0 atom stereocenters. The Kier molecular flexibility index (Phi) is 3.98. The van der Waals surface area contributed by atoms with E-state index in [1.54, 1.807) is 0 Å². The lowest BCUT2D eigenvalue weighted by molar-refractivity contribution is -0.136. The number of aliphatic carboxylic acids is 1. The van der Waals surface area contributed by atoms with Crippen LogP contribution in [0.25, 0.3) is 0 Å². The molecule has 0 radical (unpaired) electrons. The van der Waals surface area contributed by atoms with Crippen molar-refractivity contribution in [3.63, 3.8) is 0 Å². The topological polar surface area (TPSA) is 58.6 Å². The van der Waals surface area contributed by atoms with Crippen LogP contribution in [0.15, 0.2) is 24.3 Å². The maximum Gasteiger partial charge on any atom is 0.307 e. The van der Waals surface area contributed by atoms with E-state index in [1.807, 2.05) is 24.3 Å². The Bertz CT molecular complexity index is 386. The number of piperidine rings is 1. The van der Waals surface area contributed by atoms with Gasteiger partial charge >= 0.3 is 5.97 Å². The second kappa shape index (κ2) is 5.68. The molecule has 0 aromatic heterocycles. The van der Waals surface area contributed by atoms with Crippen LogP contribution in [0.4, 0.5) is 0 Å². The number of rotatable bonds is 4. The van der Waals surface area contributed by atoms with Gasteiger partial charge in [0.2, 0.25) is 0 Å². The van der Waals surface area contributed by atoms with Crippen LogP contribution in [0.1, 0.15) is 18.4 Å². The summed E-state index contributed by atoms with van der Waals surface area (Å²) in [7, 11) is 0. The summed E-state index contributed by atoms with van der Waals surface area (Å²) in [6.45, 7) is 1.97. The molecule has 2 rings (SSSR count). The van der Waals surface area contributed by atoms with Crippen molar-refractivity contribution in [1.82, 2.24) is 5.32 Å². The van der Waals surface area contributed by atoms with Gasteiger partial charge in [-0.25, -0.2) is 0 Å². The first kappa shape index (κ1) is 11.9. The minimum Gasteiger partial charge on any atom is -0.490 e. The highest BCUT2D eigenvalue weighted by Crippen LogP contribution is 2.18. The standard InChI is InChI=1S/C13H17NO3/c15-13(16)9-10-2-1-3-12(8-10)17-11-4-6-14-7-5-11/h1-3,8,11,14H,4-7,9H2,(H,15,16). The molecule has 1 saturated heterocycles. The molecule has 1 aromatic carbocycles. The maximum absolute atomic E-state index is 10.6. The summed E-state index contributed by atoms with van der Waals surface area (Å²) < 4.78 is 5.84. The molecule has 0 aliphatic carbocycles. The van der Waals surface area contributed by atoms with E-state index in [0.29, 0.717) is 0 Å². The van der Waals surface area contributed by atoms with Crippen LogP contribution >= 0.6 is 0 Å². The molecule has 1 aliphatic heterocycles. The zero-order valence-corrected chi connectivity index (χ0v) is 9.69. The molecule has 0 amide bonds. The lowest BCUT2D eigenvalue weighted by Gasteiger charge is -2.24. The molecule has 0 spiro atoms. The van der Waals surface area contributed by atoms with E-state index in [2.05, 4.69) is 5.32 Å². The first-order valence-corrected chi connectivity index (χ1v) is 5.92. The van der Waals surface area contributed by atoms with Crippen molar-refractivity contribution >= 4 is 5.97 Å². The van der Waals surface area contributed by atoms with Gasteiger partial charge in [-0.1, -0.05) is 12.1 Å². The third-order valence-corrected chi connectivity index (χ3v) is 2.84. The Hall–Kier alpha value is -1.55. The zero-order valence-electron chi connectivity index (χ0n) is 9.69. The largest absolute Gasteiger partial charge is 0.490 e. The highest BCUT2D eigenvalue weighted by Gasteiger charge is 2.14. The van der Waals surface area contributed by atoms with Gasteiger partial charge < -0.3 is 15.2 Å². The van der Waals surface area contributed by atoms with E-state index in [1.165, 1.54) is 0 Å². The SMILES string of the molecule is O=C(O)Cc1cccc(OC2CCNCC2)c1. The molecule has 4 heteroatoms. The molecule has 1 aromatic rings. The molecule has 17 heavy (non-hydrogen) atoms. The Morgan fingerprint density at radius 1 is 1.41 bits per heavy atom. The van der Waals surface area contributed by atoms with Crippen molar-refractivity contribution in [2.24, 2.45) is 0 Å². The summed E-state index contributed by atoms with van der Waals surface area (Å²) >= 11 is 0. The highest BCUT2D eigenvalue weighted by molar-refractivity contribution is 5.70. The zero-order chi connectivity index (χ0) is 12.1. The van der Waals surface area contributed by atoms with Crippen LogP contribution in [0.5, 0.6) is 5.75 Å². The summed E-state index contributed by atoms with van der Waals surface area (Å²) in [5.74, 6) is -0.0420. The molecular weight excluding hydrogens is 218 g/mol. The summed E-state index contributed by atoms with van der Waals surface area (Å²) in [5.41, 5.74) is 0.781. The number of ether oxygens (including phenoxy) is 1. The molecule has 0 bridgehead atoms. The average molecular weight is 235 g/mol. The van der Waals surface area contributed by atoms with Crippen LogP contribution in [0, 0.1) is 0 Å². The van der Waals surface area contributed by atoms with Crippen molar-refractivity contribution in [1.29, 1.82) is 0 Å². The Balaban J connectivity index is 1.97. The number of carbonyl (C=O) groups is 1. The van der Waals surface area contributed by atoms with Crippen LogP contribution in [-0.4, -0.2) is 30.3 Å². The molecule has 2 N–H and O–H groups in total. The van der Waals surface area contributed by atoms with Gasteiger partial charge in [0.1, 0.15) is 11.9 Å². The average Bonchev–Trinajstić information content (AvgIpc) is 2.30. The fourth-order valence-electron chi connectivity index (χ4n) is 2.01. The van der Waals surface area contributed by atoms with Crippen LogP contribution < -0.4 is 10.1 Å². The predicted molar refractivity (Wildman–Crippen MR) is 64.3 cm³/mol. The molecular formula is C13H17NO3. The fraction of sp³-hybridized carbons (Fsp3) is 0.462. The monoisotopic (exact) mass is 235 g/mol. The summed E-state index contributed by atoms with van der Waals surface area (Å²) in [4.78, 5) is 10.6. The predicted octanol–water partition coefficient (Wildman–Crippen LogP) is 1.44. The second-order valence-electron chi connectivity index (χ2n) is 4.29. The number of benzene rings is 1. The van der Waals surface area contributed by atoms with E-state index in [-0.39, 0.29) is 12.5 Å². The fourth-order valence-corrected chi connectivity index (χ4v) is 2.01. The Morgan fingerprint density at radius 2 is 2.18 bits per heavy atom. The molecule has 0 unspecified atom stereocenters. The Labute approximate surface area is 101 Å². The van der Waals surface area contributed by atoms with Crippen molar-refractivity contribution < 1.29 is 14.6 Å². The number of hydrogen-bond acceptors (Lipinski definition) is 3. The Morgan fingerprint density at radius 3 is 2.88 bits per heavy atom. The van der Waals surface area contributed by atoms with Gasteiger partial charge in [-0.2, -0.15) is 0 Å². The third kappa shape index (κ3) is 3.75. The van der Waals surface area contributed by atoms with Gasteiger partial charge in [-0.15, -0.1) is 0 Å². The minimum absolute atomic E-state index is 0.0451. The van der Waals surface area contributed by atoms with Crippen molar-refractivity contribution in [3.05, 3.63) is 29.8 Å². The van der Waals surface area contributed by atoms with Gasteiger partial charge in [-0.05, 0) is 43.6 Å². The van der Waals surface area contributed by atoms with Crippen LogP contribution in [0.3, 0.4) is 0 Å². The van der Waals surface area contributed by atoms with Crippen LogP contribution in [0.2, 0.25) is 0 Å². The lowest BCUT2D eigenvalue weighted by atomic mass is 10.1. The molecule has 1 fully saturated rings. The summed E-state index contributed by atoms with van der Waals surface area (Å²) in [6, 6.07) is 7.35. The van der Waals surface area contributed by atoms with Crippen molar-refractivity contribution in [2.75, 3.05) is 13.1 Å². The van der Waals surface area contributed by atoms with Gasteiger partial charge in [0.25, 0.3) is 0 Å². The molecule has 0 saturated carbocycles. The number of carboxylic acids is 1. The van der Waals surface area contributed by atoms with Crippen molar-refractivity contribution in [2.45, 2.75) is 25.4 Å². The van der Waals surface area contributed by atoms with E-state index in [9.17, 15) is 4.79 Å². The smallest absolute Gasteiger partial charge is 0.307 e. The first-order chi connectivity index (χ1) is 8.24. The maximum atomic E-state index is 10.6.